The molecule has 6 N–H and O–H groups in total. The Balaban J connectivity index is 2.03. The minimum absolute atomic E-state index is 0.0353. The maximum absolute atomic E-state index is 13.8. The number of benzene rings is 1. The molecule has 1 amide bonds. The van der Waals surface area contributed by atoms with Crippen molar-refractivity contribution in [3.8, 4) is 5.75 Å². The monoisotopic (exact) mass is 502 g/mol. The molecule has 3 aliphatic carbocycles. The number of hydrogen-bond donors (Lipinski definition) is 5. The number of aliphatic hydroxyl groups excluding tert-OH is 2. The van der Waals surface area contributed by atoms with E-state index in [9.17, 15) is 44.9 Å². The third-order valence-electron chi connectivity index (χ3n) is 7.36. The van der Waals surface area contributed by atoms with Gasteiger partial charge in [-0.3, -0.25) is 29.4 Å². The lowest BCUT2D eigenvalue weighted by molar-refractivity contribution is -0.385. The highest BCUT2D eigenvalue weighted by Crippen LogP contribution is 2.54. The molecular formula is C23H26N4O9. The van der Waals surface area contributed by atoms with Gasteiger partial charge in [0.1, 0.15) is 17.1 Å². The zero-order chi connectivity index (χ0) is 27.0. The molecule has 4 rings (SSSR count). The number of aromatic hydroxyl groups is 1. The number of Topliss-reactive ketones (excluding diaryl/α,β-unsaturated/α-hetero) is 2. The van der Waals surface area contributed by atoms with Crippen LogP contribution in [0, 0.1) is 22.0 Å². The smallest absolute Gasteiger partial charge is 0.313 e. The third kappa shape index (κ3) is 3.12. The van der Waals surface area contributed by atoms with Crippen LogP contribution in [0.15, 0.2) is 23.0 Å². The molecule has 3 aliphatic rings. The first-order chi connectivity index (χ1) is 16.7. The first-order valence-electron chi connectivity index (χ1n) is 11.0. The second kappa shape index (κ2) is 8.03. The van der Waals surface area contributed by atoms with E-state index in [1.807, 2.05) is 0 Å². The number of anilines is 1. The Morgan fingerprint density at radius 3 is 2.31 bits per heavy atom. The minimum atomic E-state index is -2.77. The van der Waals surface area contributed by atoms with Gasteiger partial charge in [-0.05, 0) is 38.4 Å². The van der Waals surface area contributed by atoms with Crippen LogP contribution in [-0.2, 0) is 20.8 Å². The van der Waals surface area contributed by atoms with Crippen molar-refractivity contribution in [1.82, 2.24) is 4.90 Å². The van der Waals surface area contributed by atoms with Crippen molar-refractivity contribution in [3.63, 3.8) is 0 Å². The number of nitro groups is 1. The quantitative estimate of drug-likeness (QED) is 0.209. The van der Waals surface area contributed by atoms with Gasteiger partial charge in [0.25, 0.3) is 5.91 Å². The fourth-order valence-electron chi connectivity index (χ4n) is 5.82. The molecule has 192 valence electrons. The average Bonchev–Trinajstić information content (AvgIpc) is 2.75. The summed E-state index contributed by atoms with van der Waals surface area (Å²) in [6, 6.07) is -0.0329. The van der Waals surface area contributed by atoms with Gasteiger partial charge < -0.3 is 31.1 Å². The maximum atomic E-state index is 13.8. The van der Waals surface area contributed by atoms with Gasteiger partial charge in [0.15, 0.2) is 11.4 Å². The van der Waals surface area contributed by atoms with Crippen LogP contribution in [0.5, 0.6) is 5.75 Å². The highest BCUT2D eigenvalue weighted by Gasteiger charge is 2.64. The number of likely N-dealkylation sites (N-methyl/N-ethyl adjacent to an activating group) is 1. The molecule has 1 aromatic rings. The van der Waals surface area contributed by atoms with Crippen LogP contribution in [-0.4, -0.2) is 87.6 Å². The van der Waals surface area contributed by atoms with Gasteiger partial charge >= 0.3 is 5.69 Å². The molecule has 13 nitrogen and oxygen atoms in total. The van der Waals surface area contributed by atoms with Gasteiger partial charge in [-0.25, -0.2) is 0 Å². The highest BCUT2D eigenvalue weighted by molar-refractivity contribution is 6.24. The van der Waals surface area contributed by atoms with Crippen molar-refractivity contribution < 1.29 is 39.7 Å². The molecule has 4 atom stereocenters. The lowest BCUT2D eigenvalue weighted by atomic mass is 9.57. The minimum Gasteiger partial charge on any atom is -0.508 e. The molecule has 1 fully saturated rings. The molecule has 2 unspecified atom stereocenters. The second-order valence-corrected chi connectivity index (χ2v) is 9.73. The number of hydrogen-bond acceptors (Lipinski definition) is 11. The van der Waals surface area contributed by atoms with Crippen LogP contribution in [0.2, 0.25) is 0 Å². The van der Waals surface area contributed by atoms with Crippen LogP contribution < -0.4 is 10.6 Å². The van der Waals surface area contributed by atoms with Crippen molar-refractivity contribution in [2.45, 2.75) is 24.5 Å². The number of carbonyl (C=O) groups excluding carboxylic acids is 3. The van der Waals surface area contributed by atoms with Gasteiger partial charge in [-0.2, -0.15) is 0 Å². The lowest BCUT2D eigenvalue weighted by Crippen LogP contribution is -2.65. The largest absolute Gasteiger partial charge is 0.508 e. The number of rotatable bonds is 4. The molecule has 0 bridgehead atoms. The predicted molar refractivity (Wildman–Crippen MR) is 125 cm³/mol. The molecular weight excluding hydrogens is 476 g/mol. The summed E-state index contributed by atoms with van der Waals surface area (Å²) in [5.74, 6) is -8.16. The van der Waals surface area contributed by atoms with Gasteiger partial charge in [-0.15, -0.1) is 0 Å². The molecule has 0 radical (unpaired) electrons. The first kappa shape index (κ1) is 25.1. The van der Waals surface area contributed by atoms with E-state index in [2.05, 4.69) is 0 Å². The number of aliphatic hydroxyl groups is 3. The van der Waals surface area contributed by atoms with E-state index in [1.54, 1.807) is 19.0 Å². The summed E-state index contributed by atoms with van der Waals surface area (Å²) in [6.45, 7) is 0. The fraction of sp³-hybridized carbons (Fsp3) is 0.435. The highest BCUT2D eigenvalue weighted by atomic mass is 16.6. The Morgan fingerprint density at radius 1 is 1.19 bits per heavy atom. The summed E-state index contributed by atoms with van der Waals surface area (Å²) in [5, 5.41) is 55.8. The molecule has 0 saturated heterocycles. The number of primary amides is 1. The molecule has 1 aromatic carbocycles. The summed E-state index contributed by atoms with van der Waals surface area (Å²) in [6.07, 6.45) is -0.0377. The standard InChI is InChI=1S/C23H26N4O9/c1-25(2)11-7-12(27(35)36)17(28)14-9(11)5-8-6-10-16(26(3)4)19(30)15(22(24)33)21(32)23(10,34)20(31)13(8)18(14)29/h7-8,10,16,28-29,32,34H,5-6H2,1-4H3,(H2,24,33)/t8?,10?,16-,23-/m0/s1. The average molecular weight is 502 g/mol. The van der Waals surface area contributed by atoms with Gasteiger partial charge in [0.2, 0.25) is 11.5 Å². The number of amides is 1. The van der Waals surface area contributed by atoms with Crippen molar-refractivity contribution in [3.05, 3.63) is 44.2 Å². The number of phenolic OH excluding ortho intramolecular Hbond substituents is 1. The topological polar surface area (TPSA) is 208 Å². The van der Waals surface area contributed by atoms with Crippen LogP contribution in [0.3, 0.4) is 0 Å². The SMILES string of the molecule is CN(C)c1cc([N+](=O)[O-])c(O)c2c1CC1CC3[C@H](N(C)C)C(=O)C(C(N)=O)=C(O)[C@@]3(O)C(=O)C1=C2O. The number of nitro benzene ring substituents is 1. The molecule has 0 spiro atoms. The number of phenols is 1. The van der Waals surface area contributed by atoms with Crippen LogP contribution in [0.25, 0.3) is 5.76 Å². The normalized spacial score (nSPS) is 27.6. The zero-order valence-corrected chi connectivity index (χ0v) is 20.0. The number of nitrogens with zero attached hydrogens (tertiary/aromatic N) is 3. The molecule has 0 aromatic heterocycles. The maximum Gasteiger partial charge on any atom is 0.313 e. The summed E-state index contributed by atoms with van der Waals surface area (Å²) < 4.78 is 0. The number of ketones is 2. The Kier molecular flexibility index (Phi) is 5.61. The first-order valence-corrected chi connectivity index (χ1v) is 11.0. The van der Waals surface area contributed by atoms with E-state index in [1.165, 1.54) is 19.0 Å². The Labute approximate surface area is 204 Å². The van der Waals surface area contributed by atoms with Crippen molar-refractivity contribution in [2.75, 3.05) is 33.1 Å². The van der Waals surface area contributed by atoms with Crippen LogP contribution >= 0.6 is 0 Å². The van der Waals surface area contributed by atoms with E-state index in [0.29, 0.717) is 11.3 Å². The fourth-order valence-corrected chi connectivity index (χ4v) is 5.82. The van der Waals surface area contributed by atoms with E-state index in [0.717, 1.165) is 6.07 Å². The second-order valence-electron chi connectivity index (χ2n) is 9.73. The third-order valence-corrected chi connectivity index (χ3v) is 7.36. The molecule has 1 saturated carbocycles. The Morgan fingerprint density at radius 2 is 1.81 bits per heavy atom. The number of carbonyl (C=O) groups is 3. The van der Waals surface area contributed by atoms with Crippen LogP contribution in [0.4, 0.5) is 11.4 Å². The Hall–Kier alpha value is -3.97. The summed E-state index contributed by atoms with van der Waals surface area (Å²) in [4.78, 5) is 52.5. The van der Waals surface area contributed by atoms with Gasteiger partial charge in [-0.1, -0.05) is 0 Å². The summed E-state index contributed by atoms with van der Waals surface area (Å²) >= 11 is 0. The Bertz CT molecular complexity index is 1310. The van der Waals surface area contributed by atoms with Crippen LogP contribution in [0.1, 0.15) is 17.5 Å². The van der Waals surface area contributed by atoms with Gasteiger partial charge in [0.05, 0.1) is 16.5 Å². The van der Waals surface area contributed by atoms with E-state index >= 15 is 0 Å². The number of nitrogens with two attached hydrogens (primary N) is 1. The van der Waals surface area contributed by atoms with Crippen molar-refractivity contribution in [1.29, 1.82) is 0 Å². The summed E-state index contributed by atoms with van der Waals surface area (Å²) in [5.41, 5.74) is 0.875. The molecule has 0 aliphatic heterocycles. The lowest BCUT2D eigenvalue weighted by Gasteiger charge is -2.50. The van der Waals surface area contributed by atoms with Crippen molar-refractivity contribution in [2.24, 2.45) is 17.6 Å². The van der Waals surface area contributed by atoms with E-state index < -0.39 is 74.4 Å². The molecule has 13 heteroatoms. The zero-order valence-electron chi connectivity index (χ0n) is 20.0. The van der Waals surface area contributed by atoms with Crippen molar-refractivity contribution >= 4 is 34.6 Å². The number of fused-ring (bicyclic) bond motifs is 3. The molecule has 0 heterocycles. The van der Waals surface area contributed by atoms with E-state index in [-0.39, 0.29) is 24.0 Å². The van der Waals surface area contributed by atoms with Gasteiger partial charge in [0, 0.05) is 37.3 Å². The molecule has 36 heavy (non-hydrogen) atoms. The summed E-state index contributed by atoms with van der Waals surface area (Å²) in [7, 11) is 6.25. The van der Waals surface area contributed by atoms with E-state index in [4.69, 9.17) is 5.73 Å². The predicted octanol–water partition coefficient (Wildman–Crippen LogP) is -0.0618.